The van der Waals surface area contributed by atoms with Crippen LogP contribution in [0.2, 0.25) is 0 Å². The molecule has 0 fully saturated rings. The van der Waals surface area contributed by atoms with Crippen molar-refractivity contribution in [2.24, 2.45) is 0 Å². The number of rotatable bonds is 4. The molecular weight excluding hydrogens is 326 g/mol. The molecule has 0 aliphatic heterocycles. The van der Waals surface area contributed by atoms with Gasteiger partial charge in [0.1, 0.15) is 17.2 Å². The normalized spacial score (nSPS) is 13.2. The second-order valence-electron chi connectivity index (χ2n) is 5.01. The van der Waals surface area contributed by atoms with E-state index in [1.54, 1.807) is 17.5 Å². The fourth-order valence-electron chi connectivity index (χ4n) is 1.78. The van der Waals surface area contributed by atoms with Crippen LogP contribution in [0.25, 0.3) is 0 Å². The second kappa shape index (κ2) is 6.84. The zero-order valence-electron chi connectivity index (χ0n) is 12.1. The molecule has 1 heterocycles. The van der Waals surface area contributed by atoms with E-state index in [0.29, 0.717) is 4.88 Å². The number of amides is 2. The first kappa shape index (κ1) is 17.0. The van der Waals surface area contributed by atoms with E-state index in [1.807, 2.05) is 5.32 Å². The molecular formula is C15H14F2N2O3S. The lowest BCUT2D eigenvalue weighted by molar-refractivity contribution is -0.136. The third kappa shape index (κ3) is 4.33. The molecule has 2 aromatic rings. The summed E-state index contributed by atoms with van der Waals surface area (Å²) in [6.45, 7) is 1.29. The van der Waals surface area contributed by atoms with Crippen LogP contribution in [-0.2, 0) is 15.2 Å². The topological polar surface area (TPSA) is 78.4 Å². The maximum atomic E-state index is 13.4. The van der Waals surface area contributed by atoms with Gasteiger partial charge in [-0.3, -0.25) is 9.59 Å². The lowest BCUT2D eigenvalue weighted by Gasteiger charge is -2.22. The van der Waals surface area contributed by atoms with Crippen LogP contribution >= 0.6 is 11.3 Å². The summed E-state index contributed by atoms with van der Waals surface area (Å²) in [6.07, 6.45) is 0. The molecule has 3 N–H and O–H groups in total. The van der Waals surface area contributed by atoms with E-state index in [4.69, 9.17) is 0 Å². The van der Waals surface area contributed by atoms with E-state index in [-0.39, 0.29) is 6.54 Å². The van der Waals surface area contributed by atoms with Crippen LogP contribution in [0.15, 0.2) is 35.7 Å². The van der Waals surface area contributed by atoms with Gasteiger partial charge in [-0.1, -0.05) is 6.07 Å². The van der Waals surface area contributed by atoms with Gasteiger partial charge >= 0.3 is 11.8 Å². The van der Waals surface area contributed by atoms with Crippen molar-refractivity contribution in [3.8, 4) is 0 Å². The lowest BCUT2D eigenvalue weighted by atomic mass is 10.1. The molecule has 2 rings (SSSR count). The van der Waals surface area contributed by atoms with Gasteiger partial charge in [0.05, 0.1) is 12.2 Å². The van der Waals surface area contributed by atoms with Gasteiger partial charge in [0.15, 0.2) is 0 Å². The number of hydrogen-bond donors (Lipinski definition) is 3. The van der Waals surface area contributed by atoms with Gasteiger partial charge in [-0.15, -0.1) is 11.3 Å². The number of thiophene rings is 1. The SMILES string of the molecule is C[C@](O)(CNC(=O)C(=O)Nc1cc(F)ccc1F)c1cccs1. The first-order chi connectivity index (χ1) is 10.8. The fourth-order valence-corrected chi connectivity index (χ4v) is 2.56. The minimum Gasteiger partial charge on any atom is -0.383 e. The predicted molar refractivity (Wildman–Crippen MR) is 81.9 cm³/mol. The summed E-state index contributed by atoms with van der Waals surface area (Å²) in [7, 11) is 0. The highest BCUT2D eigenvalue weighted by Gasteiger charge is 2.26. The van der Waals surface area contributed by atoms with Gasteiger partial charge in [0, 0.05) is 10.9 Å². The maximum Gasteiger partial charge on any atom is 0.313 e. The van der Waals surface area contributed by atoms with Crippen molar-refractivity contribution in [2.75, 3.05) is 11.9 Å². The third-order valence-corrected chi connectivity index (χ3v) is 4.15. The largest absolute Gasteiger partial charge is 0.383 e. The molecule has 0 aliphatic rings. The molecule has 0 aliphatic carbocycles. The summed E-state index contributed by atoms with van der Waals surface area (Å²) in [5.41, 5.74) is -1.77. The van der Waals surface area contributed by atoms with Crippen molar-refractivity contribution in [2.45, 2.75) is 12.5 Å². The minimum absolute atomic E-state index is 0.203. The average molecular weight is 340 g/mol. The Morgan fingerprint density at radius 3 is 2.65 bits per heavy atom. The molecule has 1 aromatic carbocycles. The Hall–Kier alpha value is -2.32. The van der Waals surface area contributed by atoms with Gasteiger partial charge in [-0.05, 0) is 30.5 Å². The molecule has 1 aromatic heterocycles. The highest BCUT2D eigenvalue weighted by atomic mass is 32.1. The van der Waals surface area contributed by atoms with Gasteiger partial charge < -0.3 is 15.7 Å². The number of carbonyl (C=O) groups excluding carboxylic acids is 2. The van der Waals surface area contributed by atoms with Crippen LogP contribution in [0, 0.1) is 11.6 Å². The van der Waals surface area contributed by atoms with Crippen LogP contribution < -0.4 is 10.6 Å². The Bertz CT molecular complexity index is 718. The molecule has 5 nitrogen and oxygen atoms in total. The Morgan fingerprint density at radius 1 is 1.26 bits per heavy atom. The van der Waals surface area contributed by atoms with Crippen molar-refractivity contribution >= 4 is 28.8 Å². The molecule has 0 radical (unpaired) electrons. The molecule has 0 saturated carbocycles. The minimum atomic E-state index is -1.34. The number of aliphatic hydroxyl groups is 1. The summed E-state index contributed by atoms with van der Waals surface area (Å²) in [5, 5.41) is 16.2. The van der Waals surface area contributed by atoms with E-state index in [0.717, 1.165) is 18.2 Å². The second-order valence-corrected chi connectivity index (χ2v) is 5.96. The number of nitrogens with one attached hydrogen (secondary N) is 2. The van der Waals surface area contributed by atoms with E-state index >= 15 is 0 Å². The zero-order chi connectivity index (χ0) is 17.0. The standard InChI is InChI=1S/C15H14F2N2O3S/c1-15(22,12-3-2-6-23-12)8-18-13(20)14(21)19-11-7-9(16)4-5-10(11)17/h2-7,22H,8H2,1H3,(H,18,20)(H,19,21)/t15-/m0/s1. The number of hydrogen-bond acceptors (Lipinski definition) is 4. The van der Waals surface area contributed by atoms with Gasteiger partial charge in [-0.2, -0.15) is 0 Å². The molecule has 0 saturated heterocycles. The lowest BCUT2D eigenvalue weighted by Crippen LogP contribution is -2.43. The van der Waals surface area contributed by atoms with Crippen molar-refractivity contribution in [3.63, 3.8) is 0 Å². The Labute approximate surface area is 135 Å². The smallest absolute Gasteiger partial charge is 0.313 e. The van der Waals surface area contributed by atoms with E-state index in [2.05, 4.69) is 5.32 Å². The molecule has 0 spiro atoms. The van der Waals surface area contributed by atoms with Crippen LogP contribution in [0.5, 0.6) is 0 Å². The van der Waals surface area contributed by atoms with Crippen molar-refractivity contribution in [1.29, 1.82) is 0 Å². The first-order valence-corrected chi connectivity index (χ1v) is 7.48. The zero-order valence-corrected chi connectivity index (χ0v) is 12.9. The van der Waals surface area contributed by atoms with Gasteiger partial charge in [-0.25, -0.2) is 8.78 Å². The van der Waals surface area contributed by atoms with Crippen molar-refractivity contribution in [1.82, 2.24) is 5.32 Å². The van der Waals surface area contributed by atoms with Crippen molar-refractivity contribution in [3.05, 3.63) is 52.2 Å². The maximum absolute atomic E-state index is 13.4. The Morgan fingerprint density at radius 2 is 2.00 bits per heavy atom. The van der Waals surface area contributed by atoms with Crippen molar-refractivity contribution < 1.29 is 23.5 Å². The third-order valence-electron chi connectivity index (χ3n) is 3.03. The number of benzene rings is 1. The summed E-state index contributed by atoms with van der Waals surface area (Å²) >= 11 is 1.30. The Balaban J connectivity index is 1.95. The van der Waals surface area contributed by atoms with Gasteiger partial charge in [0.25, 0.3) is 0 Å². The Kier molecular flexibility index (Phi) is 5.07. The summed E-state index contributed by atoms with van der Waals surface area (Å²) in [6, 6.07) is 5.94. The highest BCUT2D eigenvalue weighted by Crippen LogP contribution is 2.24. The number of anilines is 1. The molecule has 23 heavy (non-hydrogen) atoms. The van der Waals surface area contributed by atoms with E-state index < -0.39 is 34.7 Å². The quantitative estimate of drug-likeness (QED) is 0.745. The van der Waals surface area contributed by atoms with Crippen LogP contribution in [-0.4, -0.2) is 23.5 Å². The molecule has 1 atom stereocenters. The van der Waals surface area contributed by atoms with Crippen LogP contribution in [0.3, 0.4) is 0 Å². The first-order valence-electron chi connectivity index (χ1n) is 6.60. The number of halogens is 2. The average Bonchev–Trinajstić information content (AvgIpc) is 3.03. The van der Waals surface area contributed by atoms with E-state index in [9.17, 15) is 23.5 Å². The monoisotopic (exact) mass is 340 g/mol. The molecule has 0 unspecified atom stereocenters. The summed E-state index contributed by atoms with van der Waals surface area (Å²) < 4.78 is 26.4. The number of carbonyl (C=O) groups is 2. The van der Waals surface area contributed by atoms with E-state index in [1.165, 1.54) is 18.3 Å². The highest BCUT2D eigenvalue weighted by molar-refractivity contribution is 7.10. The molecule has 2 amide bonds. The fraction of sp³-hybridized carbons (Fsp3) is 0.200. The molecule has 122 valence electrons. The van der Waals surface area contributed by atoms with Crippen LogP contribution in [0.1, 0.15) is 11.8 Å². The molecule has 8 heteroatoms. The van der Waals surface area contributed by atoms with Gasteiger partial charge in [0.2, 0.25) is 0 Å². The summed E-state index contributed by atoms with van der Waals surface area (Å²) in [4.78, 5) is 24.0. The van der Waals surface area contributed by atoms with Crippen LogP contribution in [0.4, 0.5) is 14.5 Å². The molecule has 0 bridgehead atoms. The summed E-state index contributed by atoms with van der Waals surface area (Å²) in [5.74, 6) is -3.83. The predicted octanol–water partition coefficient (Wildman–Crippen LogP) is 1.99.